The van der Waals surface area contributed by atoms with Crippen molar-refractivity contribution in [1.29, 1.82) is 0 Å². The van der Waals surface area contributed by atoms with Gasteiger partial charge < -0.3 is 24.3 Å². The fraction of sp³-hybridized carbons (Fsp3) is 0.300. The molecule has 43 heavy (non-hydrogen) atoms. The van der Waals surface area contributed by atoms with Gasteiger partial charge in [-0.25, -0.2) is 14.4 Å². The minimum Gasteiger partial charge on any atom is -0.490 e. The average molecular weight is 593 g/mol. The number of fused-ring (bicyclic) bond motifs is 1. The number of rotatable bonds is 7. The Morgan fingerprint density at radius 1 is 0.860 bits per heavy atom. The van der Waals surface area contributed by atoms with Gasteiger partial charge in [-0.15, -0.1) is 0 Å². The highest BCUT2D eigenvalue weighted by atomic mass is 16.5. The van der Waals surface area contributed by atoms with E-state index in [9.17, 15) is 14.4 Å². The molecule has 0 radical (unpaired) electrons. The summed E-state index contributed by atoms with van der Waals surface area (Å²) in [5.74, 6) is -1.92. The lowest BCUT2D eigenvalue weighted by Crippen LogP contribution is -2.49. The van der Waals surface area contributed by atoms with Gasteiger partial charge in [0.1, 0.15) is 11.6 Å². The second-order valence-electron chi connectivity index (χ2n) is 9.86. The second-order valence-corrected chi connectivity index (χ2v) is 9.86. The minimum absolute atomic E-state index is 0.0998. The molecule has 4 aromatic rings. The lowest BCUT2D eigenvalue weighted by atomic mass is 10.1. The van der Waals surface area contributed by atoms with Crippen molar-refractivity contribution in [2.45, 2.75) is 6.42 Å². The lowest BCUT2D eigenvalue weighted by Gasteiger charge is -2.36. The number of para-hydroxylation sites is 1. The maximum atomic E-state index is 12.7. The van der Waals surface area contributed by atoms with Crippen molar-refractivity contribution in [3.63, 3.8) is 0 Å². The number of nitrogens with zero attached hydrogens (tertiary/aromatic N) is 4. The maximum absolute atomic E-state index is 12.7. The summed E-state index contributed by atoms with van der Waals surface area (Å²) in [6, 6.07) is 18.0. The van der Waals surface area contributed by atoms with Gasteiger partial charge in [0.15, 0.2) is 16.8 Å². The average Bonchev–Trinajstić information content (AvgIpc) is 3.01. The molecular formula is C30H32N4O9. The monoisotopic (exact) mass is 592 g/mol. The third-order valence-corrected chi connectivity index (χ3v) is 7.03. The number of carbonyl (C=O) groups is 2. The summed E-state index contributed by atoms with van der Waals surface area (Å²) >= 11 is 0. The van der Waals surface area contributed by atoms with Crippen LogP contribution in [0.15, 0.2) is 79.5 Å². The van der Waals surface area contributed by atoms with Gasteiger partial charge in [0.25, 0.3) is 5.56 Å². The molecule has 5 rings (SSSR count). The highest BCUT2D eigenvalue weighted by Crippen LogP contribution is 2.28. The van der Waals surface area contributed by atoms with Gasteiger partial charge in [-0.2, -0.15) is 0 Å². The fourth-order valence-electron chi connectivity index (χ4n) is 4.71. The molecule has 1 saturated heterocycles. The van der Waals surface area contributed by atoms with E-state index in [0.717, 1.165) is 49.3 Å². The van der Waals surface area contributed by atoms with Crippen LogP contribution in [0.2, 0.25) is 0 Å². The van der Waals surface area contributed by atoms with Crippen molar-refractivity contribution >= 4 is 28.7 Å². The SMILES string of the molecule is Cn1c(N2CCN(CCCOc3cccc4c(=O)cc(-c5ccccc5)oc34)CC2)cc(=O)n(C)c1=O.O=C(O)C(=O)O. The third-order valence-electron chi connectivity index (χ3n) is 7.03. The van der Waals surface area contributed by atoms with Crippen molar-refractivity contribution in [2.75, 3.05) is 44.2 Å². The van der Waals surface area contributed by atoms with Gasteiger partial charge in [0.05, 0.1) is 12.0 Å². The van der Waals surface area contributed by atoms with Gasteiger partial charge in [-0.05, 0) is 18.6 Å². The molecule has 1 aliphatic rings. The molecule has 226 valence electrons. The molecule has 0 unspecified atom stereocenters. The predicted octanol–water partition coefficient (Wildman–Crippen LogP) is 1.60. The van der Waals surface area contributed by atoms with E-state index in [0.29, 0.717) is 34.9 Å². The number of aromatic nitrogens is 2. The van der Waals surface area contributed by atoms with Crippen LogP contribution < -0.4 is 26.3 Å². The van der Waals surface area contributed by atoms with Crippen LogP contribution in [0.5, 0.6) is 5.75 Å². The molecule has 0 amide bonds. The summed E-state index contributed by atoms with van der Waals surface area (Å²) in [5.41, 5.74) is 0.589. The third kappa shape index (κ3) is 7.38. The van der Waals surface area contributed by atoms with E-state index in [1.54, 1.807) is 19.2 Å². The van der Waals surface area contributed by atoms with Crippen LogP contribution in [0.4, 0.5) is 5.82 Å². The Morgan fingerprint density at radius 2 is 1.53 bits per heavy atom. The van der Waals surface area contributed by atoms with Crippen LogP contribution in [0.3, 0.4) is 0 Å². The van der Waals surface area contributed by atoms with E-state index in [4.69, 9.17) is 29.0 Å². The first kappa shape index (κ1) is 30.8. The standard InChI is InChI=1S/C28H30N4O5.C2H2O4/c1-29-25(19-26(34)30(2)28(29)35)32-15-13-31(14-16-32)12-7-17-36-23-11-6-10-21-22(33)18-24(37-27(21)23)20-8-4-3-5-9-20;3-1(4)2(5)6/h3-6,8-11,18-19H,7,12-17H2,1-2H3;(H,3,4)(H,5,6). The van der Waals surface area contributed by atoms with Crippen LogP contribution in [0.25, 0.3) is 22.3 Å². The molecule has 0 aliphatic carbocycles. The zero-order chi connectivity index (χ0) is 31.1. The Bertz CT molecular complexity index is 1770. The van der Waals surface area contributed by atoms with Gasteiger partial charge >= 0.3 is 17.6 Å². The van der Waals surface area contributed by atoms with Crippen molar-refractivity contribution in [1.82, 2.24) is 14.0 Å². The van der Waals surface area contributed by atoms with E-state index in [1.165, 1.54) is 23.7 Å². The molecule has 2 N–H and O–H groups in total. The Morgan fingerprint density at radius 3 is 2.19 bits per heavy atom. The van der Waals surface area contributed by atoms with Crippen molar-refractivity contribution in [3.8, 4) is 17.1 Å². The molecule has 1 fully saturated rings. The van der Waals surface area contributed by atoms with E-state index in [2.05, 4.69) is 9.80 Å². The first-order valence-corrected chi connectivity index (χ1v) is 13.5. The minimum atomic E-state index is -1.82. The molecule has 0 spiro atoms. The molecule has 13 nitrogen and oxygen atoms in total. The van der Waals surface area contributed by atoms with Crippen LogP contribution in [-0.4, -0.2) is 75.5 Å². The number of aliphatic carboxylic acids is 2. The molecule has 0 bridgehead atoms. The lowest BCUT2D eigenvalue weighted by molar-refractivity contribution is -0.159. The van der Waals surface area contributed by atoms with Crippen molar-refractivity contribution in [3.05, 3.63) is 91.7 Å². The Labute approximate surface area is 245 Å². The second kappa shape index (κ2) is 13.7. The number of piperazine rings is 1. The van der Waals surface area contributed by atoms with Crippen LogP contribution >= 0.6 is 0 Å². The number of hydrogen-bond acceptors (Lipinski definition) is 9. The number of carboxylic acids is 2. The summed E-state index contributed by atoms with van der Waals surface area (Å²) in [6.07, 6.45) is 0.809. The van der Waals surface area contributed by atoms with Gasteiger partial charge in [-0.1, -0.05) is 36.4 Å². The molecule has 2 aromatic carbocycles. The Hall–Kier alpha value is -5.17. The quantitative estimate of drug-likeness (QED) is 0.237. The molecule has 0 atom stereocenters. The highest BCUT2D eigenvalue weighted by molar-refractivity contribution is 6.27. The van der Waals surface area contributed by atoms with Crippen molar-refractivity contribution in [2.24, 2.45) is 14.1 Å². The summed E-state index contributed by atoms with van der Waals surface area (Å²) in [7, 11) is 3.18. The van der Waals surface area contributed by atoms with Crippen LogP contribution in [-0.2, 0) is 23.7 Å². The van der Waals surface area contributed by atoms with E-state index in [-0.39, 0.29) is 16.7 Å². The number of hydrogen-bond donors (Lipinski definition) is 2. The largest absolute Gasteiger partial charge is 0.490 e. The Kier molecular flexibility index (Phi) is 9.78. The van der Waals surface area contributed by atoms with Crippen LogP contribution in [0, 0.1) is 0 Å². The highest BCUT2D eigenvalue weighted by Gasteiger charge is 2.20. The number of carboxylic acid groups (broad SMARTS) is 2. The van der Waals surface area contributed by atoms with Gasteiger partial charge in [0.2, 0.25) is 0 Å². The Balaban J connectivity index is 0.000000641. The number of ether oxygens (including phenoxy) is 1. The van der Waals surface area contributed by atoms with E-state index in [1.807, 2.05) is 36.4 Å². The fourth-order valence-corrected chi connectivity index (χ4v) is 4.71. The first-order valence-electron chi connectivity index (χ1n) is 13.5. The first-order chi connectivity index (χ1) is 20.6. The van der Waals surface area contributed by atoms with Crippen molar-refractivity contribution < 1.29 is 29.0 Å². The summed E-state index contributed by atoms with van der Waals surface area (Å²) in [4.78, 5) is 59.7. The van der Waals surface area contributed by atoms with E-state index < -0.39 is 11.9 Å². The number of anilines is 1. The molecule has 3 heterocycles. The topological polar surface area (TPSA) is 165 Å². The van der Waals surface area contributed by atoms with Gasteiger partial charge in [-0.3, -0.25) is 23.6 Å². The summed E-state index contributed by atoms with van der Waals surface area (Å²) in [5, 5.41) is 15.3. The van der Waals surface area contributed by atoms with E-state index >= 15 is 0 Å². The molecular weight excluding hydrogens is 560 g/mol. The smallest absolute Gasteiger partial charge is 0.414 e. The zero-order valence-electron chi connectivity index (χ0n) is 23.8. The van der Waals surface area contributed by atoms with Crippen LogP contribution in [0.1, 0.15) is 6.42 Å². The molecule has 13 heteroatoms. The summed E-state index contributed by atoms with van der Waals surface area (Å²) in [6.45, 7) is 4.46. The molecule has 0 saturated carbocycles. The number of benzene rings is 2. The zero-order valence-corrected chi connectivity index (χ0v) is 23.8. The summed E-state index contributed by atoms with van der Waals surface area (Å²) < 4.78 is 14.8. The predicted molar refractivity (Wildman–Crippen MR) is 159 cm³/mol. The van der Waals surface area contributed by atoms with Gasteiger partial charge in [0, 0.05) is 64.5 Å². The molecule has 1 aliphatic heterocycles. The molecule has 2 aromatic heterocycles. The normalized spacial score (nSPS) is 13.3. The maximum Gasteiger partial charge on any atom is 0.414 e.